The van der Waals surface area contributed by atoms with E-state index in [0.717, 1.165) is 0 Å². The molecule has 2 rings (SSSR count). The van der Waals surface area contributed by atoms with Gasteiger partial charge in [0.1, 0.15) is 17.5 Å². The Kier molecular flexibility index (Phi) is 5.71. The van der Waals surface area contributed by atoms with E-state index in [1.54, 1.807) is 13.8 Å². The maximum atomic E-state index is 12.8. The summed E-state index contributed by atoms with van der Waals surface area (Å²) in [7, 11) is 0. The number of nitro benzene ring substituents is 1. The van der Waals surface area contributed by atoms with Crippen molar-refractivity contribution in [1.29, 1.82) is 0 Å². The van der Waals surface area contributed by atoms with Crippen LogP contribution in [0.15, 0.2) is 23.1 Å². The normalized spacial score (nSPS) is 10.6. The van der Waals surface area contributed by atoms with Crippen molar-refractivity contribution in [3.05, 3.63) is 49.8 Å². The van der Waals surface area contributed by atoms with Crippen molar-refractivity contribution in [1.82, 2.24) is 4.57 Å². The van der Waals surface area contributed by atoms with Gasteiger partial charge in [-0.2, -0.15) is 0 Å². The molecule has 0 radical (unpaired) electrons. The molecule has 0 amide bonds. The van der Waals surface area contributed by atoms with Crippen LogP contribution in [-0.4, -0.2) is 34.6 Å². The van der Waals surface area contributed by atoms with E-state index < -0.39 is 28.0 Å². The van der Waals surface area contributed by atoms with Gasteiger partial charge in [0.15, 0.2) is 0 Å². The molecule has 0 unspecified atom stereocenters. The Morgan fingerprint density at radius 2 is 1.85 bits per heavy atom. The zero-order valence-electron chi connectivity index (χ0n) is 14.6. The summed E-state index contributed by atoms with van der Waals surface area (Å²) >= 11 is 0. The van der Waals surface area contributed by atoms with E-state index in [1.165, 1.54) is 29.8 Å². The molecule has 0 aliphatic carbocycles. The number of aromatic nitrogens is 1. The van der Waals surface area contributed by atoms with E-state index >= 15 is 0 Å². The van der Waals surface area contributed by atoms with E-state index in [1.807, 2.05) is 0 Å². The Morgan fingerprint density at radius 3 is 2.42 bits per heavy atom. The summed E-state index contributed by atoms with van der Waals surface area (Å²) in [5.41, 5.74) is -1.17. The van der Waals surface area contributed by atoms with Crippen LogP contribution in [0.5, 0.6) is 0 Å². The van der Waals surface area contributed by atoms with E-state index in [2.05, 4.69) is 0 Å². The number of pyridine rings is 1. The number of benzene rings is 1. The number of nitro groups is 1. The molecule has 9 nitrogen and oxygen atoms in total. The molecule has 0 fully saturated rings. The fourth-order valence-electron chi connectivity index (χ4n) is 2.63. The number of carbonyl (C=O) groups is 2. The molecule has 2 aromatic rings. The number of aryl methyl sites for hydroxylation is 1. The molecule has 0 aliphatic rings. The van der Waals surface area contributed by atoms with Crippen molar-refractivity contribution in [3.63, 3.8) is 0 Å². The van der Waals surface area contributed by atoms with Gasteiger partial charge in [-0.15, -0.1) is 0 Å². The lowest BCUT2D eigenvalue weighted by Crippen LogP contribution is -2.24. The Labute approximate surface area is 148 Å². The first-order chi connectivity index (χ1) is 12.3. The third-order valence-electron chi connectivity index (χ3n) is 3.71. The fraction of sp³-hybridized carbons (Fsp3) is 0.353. The highest BCUT2D eigenvalue weighted by Gasteiger charge is 2.25. The largest absolute Gasteiger partial charge is 0.465 e. The number of hydrogen-bond donors (Lipinski definition) is 0. The number of carbonyl (C=O) groups excluding carboxylic acids is 2. The number of nitrogens with zero attached hydrogens (tertiary/aromatic N) is 2. The molecule has 138 valence electrons. The molecule has 1 aromatic carbocycles. The van der Waals surface area contributed by atoms with Crippen molar-refractivity contribution in [2.24, 2.45) is 0 Å². The average Bonchev–Trinajstić information content (AvgIpc) is 2.57. The van der Waals surface area contributed by atoms with Crippen LogP contribution in [0, 0.1) is 17.0 Å². The number of ether oxygens (including phenoxy) is 2. The minimum absolute atomic E-state index is 0.0318. The first-order valence-corrected chi connectivity index (χ1v) is 7.95. The maximum Gasteiger partial charge on any atom is 0.343 e. The summed E-state index contributed by atoms with van der Waals surface area (Å²) in [6.45, 7) is 4.58. The third-order valence-corrected chi connectivity index (χ3v) is 3.71. The Morgan fingerprint density at radius 1 is 1.19 bits per heavy atom. The van der Waals surface area contributed by atoms with Crippen molar-refractivity contribution < 1.29 is 24.0 Å². The summed E-state index contributed by atoms with van der Waals surface area (Å²) in [5.74, 6) is -1.51. The standard InChI is InChI=1S/C17H18N2O7/c1-4-25-13(20)9-18-8-11(17(22)26-5-2)16(21)14-12(18)7-6-10(3)15(14)19(23)24/h6-8H,4-5,9H2,1-3H3. The Hall–Kier alpha value is -3.23. The quantitative estimate of drug-likeness (QED) is 0.438. The van der Waals surface area contributed by atoms with Crippen LogP contribution in [0.1, 0.15) is 29.8 Å². The van der Waals surface area contributed by atoms with Gasteiger partial charge in [0, 0.05) is 11.8 Å². The highest BCUT2D eigenvalue weighted by molar-refractivity contribution is 5.97. The predicted octanol–water partition coefficient (Wildman–Crippen LogP) is 1.96. The van der Waals surface area contributed by atoms with Crippen LogP contribution >= 0.6 is 0 Å². The van der Waals surface area contributed by atoms with Gasteiger partial charge in [0.2, 0.25) is 5.43 Å². The smallest absolute Gasteiger partial charge is 0.343 e. The summed E-state index contributed by atoms with van der Waals surface area (Å²) in [4.78, 5) is 47.5. The molecule has 1 heterocycles. The van der Waals surface area contributed by atoms with E-state index in [9.17, 15) is 24.5 Å². The maximum absolute atomic E-state index is 12.8. The summed E-state index contributed by atoms with van der Waals surface area (Å²) in [5, 5.41) is 11.2. The van der Waals surface area contributed by atoms with Gasteiger partial charge >= 0.3 is 11.9 Å². The Balaban J connectivity index is 2.85. The summed E-state index contributed by atoms with van der Waals surface area (Å²) in [6, 6.07) is 2.97. The third kappa shape index (κ3) is 3.56. The van der Waals surface area contributed by atoms with Crippen LogP contribution in [0.25, 0.3) is 10.9 Å². The zero-order chi connectivity index (χ0) is 19.4. The lowest BCUT2D eigenvalue weighted by Gasteiger charge is -2.13. The minimum Gasteiger partial charge on any atom is -0.465 e. The second-order valence-electron chi connectivity index (χ2n) is 5.41. The van der Waals surface area contributed by atoms with Gasteiger partial charge in [-0.3, -0.25) is 19.7 Å². The van der Waals surface area contributed by atoms with E-state index in [-0.39, 0.29) is 41.8 Å². The van der Waals surface area contributed by atoms with Crippen LogP contribution < -0.4 is 5.43 Å². The molecular formula is C17H18N2O7. The monoisotopic (exact) mass is 362 g/mol. The minimum atomic E-state index is -0.909. The SMILES string of the molecule is CCOC(=O)Cn1cc(C(=O)OCC)c(=O)c2c([N+](=O)[O-])c(C)ccc21. The van der Waals surface area contributed by atoms with Crippen LogP contribution in [0.3, 0.4) is 0 Å². The van der Waals surface area contributed by atoms with Crippen molar-refractivity contribution in [2.45, 2.75) is 27.3 Å². The fourth-order valence-corrected chi connectivity index (χ4v) is 2.63. The van der Waals surface area contributed by atoms with Crippen molar-refractivity contribution in [2.75, 3.05) is 13.2 Å². The van der Waals surface area contributed by atoms with E-state index in [4.69, 9.17) is 9.47 Å². The molecule has 1 aromatic heterocycles. The highest BCUT2D eigenvalue weighted by atomic mass is 16.6. The second kappa shape index (κ2) is 7.77. The molecule has 0 N–H and O–H groups in total. The van der Waals surface area contributed by atoms with Crippen molar-refractivity contribution in [3.8, 4) is 0 Å². The molecule has 0 atom stereocenters. The molecule has 26 heavy (non-hydrogen) atoms. The first kappa shape index (κ1) is 19.1. The number of esters is 2. The summed E-state index contributed by atoms with van der Waals surface area (Å²) in [6.07, 6.45) is 1.17. The highest BCUT2D eigenvalue weighted by Crippen LogP contribution is 2.27. The zero-order valence-corrected chi connectivity index (χ0v) is 14.6. The average molecular weight is 362 g/mol. The van der Waals surface area contributed by atoms with Gasteiger partial charge in [-0.05, 0) is 26.8 Å². The second-order valence-corrected chi connectivity index (χ2v) is 5.41. The van der Waals surface area contributed by atoms with Crippen LogP contribution in [0.2, 0.25) is 0 Å². The van der Waals surface area contributed by atoms with E-state index in [0.29, 0.717) is 0 Å². The number of rotatable bonds is 6. The molecule has 9 heteroatoms. The number of hydrogen-bond acceptors (Lipinski definition) is 7. The van der Waals surface area contributed by atoms with Gasteiger partial charge < -0.3 is 14.0 Å². The molecular weight excluding hydrogens is 344 g/mol. The molecule has 0 saturated heterocycles. The molecule has 0 aliphatic heterocycles. The molecule has 0 saturated carbocycles. The van der Waals surface area contributed by atoms with Crippen LogP contribution in [0.4, 0.5) is 5.69 Å². The molecule has 0 spiro atoms. The first-order valence-electron chi connectivity index (χ1n) is 7.95. The van der Waals surface area contributed by atoms with Gasteiger partial charge in [-0.1, -0.05) is 6.07 Å². The van der Waals surface area contributed by atoms with Gasteiger partial charge in [0.25, 0.3) is 5.69 Å². The summed E-state index contributed by atoms with van der Waals surface area (Å²) < 4.78 is 11.0. The number of fused-ring (bicyclic) bond motifs is 1. The van der Waals surface area contributed by atoms with Crippen molar-refractivity contribution >= 4 is 28.5 Å². The van der Waals surface area contributed by atoms with Gasteiger partial charge in [0.05, 0.1) is 23.7 Å². The predicted molar refractivity (Wildman–Crippen MR) is 92.2 cm³/mol. The topological polar surface area (TPSA) is 118 Å². The van der Waals surface area contributed by atoms with Gasteiger partial charge in [-0.25, -0.2) is 4.79 Å². The lowest BCUT2D eigenvalue weighted by atomic mass is 10.1. The Bertz CT molecular complexity index is 946. The molecule has 0 bridgehead atoms. The van der Waals surface area contributed by atoms with Crippen LogP contribution in [-0.2, 0) is 20.8 Å². The lowest BCUT2D eigenvalue weighted by molar-refractivity contribution is -0.383.